The molecule has 1 aromatic carbocycles. The summed E-state index contributed by atoms with van der Waals surface area (Å²) in [6.45, 7) is 0. The van der Waals surface area contributed by atoms with Crippen molar-refractivity contribution < 1.29 is 4.79 Å². The highest BCUT2D eigenvalue weighted by molar-refractivity contribution is 9.10. The van der Waals surface area contributed by atoms with E-state index in [0.29, 0.717) is 10.7 Å². The van der Waals surface area contributed by atoms with Gasteiger partial charge in [-0.2, -0.15) is 0 Å². The largest absolute Gasteiger partial charge is 0.293 e. The monoisotopic (exact) mass is 448 g/mol. The van der Waals surface area contributed by atoms with Gasteiger partial charge in [0.05, 0.1) is 11.1 Å². The van der Waals surface area contributed by atoms with Crippen LogP contribution in [0.25, 0.3) is 10.2 Å². The Hall–Kier alpha value is -1.44. The summed E-state index contributed by atoms with van der Waals surface area (Å²) >= 11 is 6.35. The second-order valence-corrected chi connectivity index (χ2v) is 9.31. The van der Waals surface area contributed by atoms with Gasteiger partial charge in [0.2, 0.25) is 0 Å². The highest BCUT2D eigenvalue weighted by Gasteiger charge is 2.21. The number of hydrogen-bond donors (Lipinski definition) is 0. The van der Waals surface area contributed by atoms with E-state index in [9.17, 15) is 9.59 Å². The molecule has 7 heteroatoms. The zero-order chi connectivity index (χ0) is 18.3. The molecule has 0 saturated heterocycles. The van der Waals surface area contributed by atoms with Crippen LogP contribution in [0.3, 0.4) is 0 Å². The lowest BCUT2D eigenvalue weighted by Gasteiger charge is -2.10. The van der Waals surface area contributed by atoms with E-state index in [1.54, 1.807) is 29.0 Å². The van der Waals surface area contributed by atoms with Crippen LogP contribution in [0.1, 0.15) is 33.6 Å². The average molecular weight is 449 g/mol. The Labute approximate surface area is 167 Å². The molecule has 1 aliphatic carbocycles. The number of carbonyl (C=O) groups is 1. The molecule has 0 unspecified atom stereocenters. The van der Waals surface area contributed by atoms with Crippen molar-refractivity contribution in [1.29, 1.82) is 0 Å². The summed E-state index contributed by atoms with van der Waals surface area (Å²) in [4.78, 5) is 32.1. The molecule has 0 radical (unpaired) electrons. The molecule has 134 valence electrons. The Morgan fingerprint density at radius 1 is 1.35 bits per heavy atom. The summed E-state index contributed by atoms with van der Waals surface area (Å²) in [6.07, 6.45) is 4.34. The first-order chi connectivity index (χ1) is 12.5. The van der Waals surface area contributed by atoms with Crippen LogP contribution in [0.15, 0.2) is 38.7 Å². The normalized spacial score (nSPS) is 13.8. The first-order valence-electron chi connectivity index (χ1n) is 8.47. The molecule has 0 aliphatic heterocycles. The lowest BCUT2D eigenvalue weighted by Crippen LogP contribution is -2.21. The first-order valence-corrected chi connectivity index (χ1v) is 11.1. The van der Waals surface area contributed by atoms with Gasteiger partial charge in [-0.05, 0) is 43.4 Å². The maximum absolute atomic E-state index is 12.9. The standard InChI is InChI=1S/C19H17BrN2O2S2/c1-22-18(24)16-13-7-2-3-8-15(13)26-17(16)21-19(22)25-10-14(23)11-5-4-6-12(20)9-11/h4-6,9H,2-3,7-8,10H2,1H3. The van der Waals surface area contributed by atoms with Crippen molar-refractivity contribution in [3.05, 3.63) is 55.1 Å². The van der Waals surface area contributed by atoms with E-state index >= 15 is 0 Å². The van der Waals surface area contributed by atoms with E-state index in [1.807, 2.05) is 18.2 Å². The number of hydrogen-bond acceptors (Lipinski definition) is 5. The Morgan fingerprint density at radius 3 is 2.96 bits per heavy atom. The van der Waals surface area contributed by atoms with Gasteiger partial charge >= 0.3 is 0 Å². The van der Waals surface area contributed by atoms with Crippen molar-refractivity contribution in [2.75, 3.05) is 5.75 Å². The van der Waals surface area contributed by atoms with Gasteiger partial charge in [-0.25, -0.2) is 4.98 Å². The molecular weight excluding hydrogens is 432 g/mol. The van der Waals surface area contributed by atoms with Crippen molar-refractivity contribution in [2.45, 2.75) is 30.8 Å². The first kappa shape index (κ1) is 17.9. The molecule has 26 heavy (non-hydrogen) atoms. The zero-order valence-corrected chi connectivity index (χ0v) is 17.5. The fraction of sp³-hybridized carbons (Fsp3) is 0.316. The number of thioether (sulfide) groups is 1. The highest BCUT2D eigenvalue weighted by atomic mass is 79.9. The average Bonchev–Trinajstić information content (AvgIpc) is 3.01. The summed E-state index contributed by atoms with van der Waals surface area (Å²) < 4.78 is 2.47. The van der Waals surface area contributed by atoms with Gasteiger partial charge in [0.25, 0.3) is 5.56 Å². The number of Topliss-reactive ketones (excluding diaryl/α,β-unsaturated/α-hetero) is 1. The van der Waals surface area contributed by atoms with Gasteiger partial charge in [0.1, 0.15) is 4.83 Å². The van der Waals surface area contributed by atoms with Gasteiger partial charge < -0.3 is 0 Å². The molecule has 0 amide bonds. The third-order valence-electron chi connectivity index (χ3n) is 4.63. The third-order valence-corrected chi connectivity index (χ3v) is 7.34. The van der Waals surface area contributed by atoms with E-state index in [-0.39, 0.29) is 17.1 Å². The highest BCUT2D eigenvalue weighted by Crippen LogP contribution is 2.34. The van der Waals surface area contributed by atoms with E-state index in [0.717, 1.165) is 34.0 Å². The molecule has 0 bridgehead atoms. The smallest absolute Gasteiger partial charge is 0.262 e. The third kappa shape index (κ3) is 3.28. The fourth-order valence-corrected chi connectivity index (χ4v) is 5.84. The van der Waals surface area contributed by atoms with E-state index in [4.69, 9.17) is 4.98 Å². The maximum atomic E-state index is 12.9. The lowest BCUT2D eigenvalue weighted by molar-refractivity contribution is 0.102. The molecule has 2 heterocycles. The van der Waals surface area contributed by atoms with Crippen LogP contribution in [0.4, 0.5) is 0 Å². The maximum Gasteiger partial charge on any atom is 0.262 e. The Balaban J connectivity index is 1.64. The van der Waals surface area contributed by atoms with Crippen molar-refractivity contribution >= 4 is 55.0 Å². The van der Waals surface area contributed by atoms with Crippen molar-refractivity contribution in [3.63, 3.8) is 0 Å². The molecule has 0 saturated carbocycles. The minimum Gasteiger partial charge on any atom is -0.293 e. The number of aromatic nitrogens is 2. The topological polar surface area (TPSA) is 52.0 Å². The number of carbonyl (C=O) groups excluding carboxylic acids is 1. The summed E-state index contributed by atoms with van der Waals surface area (Å²) in [5.41, 5.74) is 1.86. The summed E-state index contributed by atoms with van der Waals surface area (Å²) in [5, 5.41) is 1.39. The second-order valence-electron chi connectivity index (χ2n) is 6.37. The van der Waals surface area contributed by atoms with E-state index < -0.39 is 0 Å². The van der Waals surface area contributed by atoms with Gasteiger partial charge in [0, 0.05) is 22.0 Å². The van der Waals surface area contributed by atoms with Gasteiger partial charge in [-0.15, -0.1) is 11.3 Å². The van der Waals surface area contributed by atoms with Gasteiger partial charge in [0.15, 0.2) is 10.9 Å². The van der Waals surface area contributed by atoms with Gasteiger partial charge in [-0.3, -0.25) is 14.2 Å². The lowest BCUT2D eigenvalue weighted by atomic mass is 9.97. The molecule has 2 aromatic heterocycles. The number of aryl methyl sites for hydroxylation is 2. The van der Waals surface area contributed by atoms with Crippen LogP contribution in [0.5, 0.6) is 0 Å². The SMILES string of the molecule is Cn1c(SCC(=O)c2cccc(Br)c2)nc2sc3c(c2c1=O)CCCC3. The predicted molar refractivity (Wildman–Crippen MR) is 111 cm³/mol. The van der Waals surface area contributed by atoms with Crippen LogP contribution in [0.2, 0.25) is 0 Å². The van der Waals surface area contributed by atoms with Crippen molar-refractivity contribution in [3.8, 4) is 0 Å². The Kier molecular flexibility index (Phi) is 5.03. The number of halogens is 1. The van der Waals surface area contributed by atoms with Gasteiger partial charge in [-0.1, -0.05) is 39.8 Å². The number of fused-ring (bicyclic) bond motifs is 3. The number of rotatable bonds is 4. The second kappa shape index (κ2) is 7.29. The molecule has 3 aromatic rings. The molecule has 1 aliphatic rings. The minimum atomic E-state index is 0.00630. The number of nitrogens with zero attached hydrogens (tertiary/aromatic N) is 2. The number of ketones is 1. The molecule has 0 spiro atoms. The summed E-state index contributed by atoms with van der Waals surface area (Å²) in [5.74, 6) is 0.281. The van der Waals surface area contributed by atoms with Crippen molar-refractivity contribution in [2.24, 2.45) is 7.05 Å². The molecule has 4 rings (SSSR count). The van der Waals surface area contributed by atoms with E-state index in [2.05, 4.69) is 15.9 Å². The van der Waals surface area contributed by atoms with Crippen molar-refractivity contribution in [1.82, 2.24) is 9.55 Å². The minimum absolute atomic E-state index is 0.00630. The van der Waals surface area contributed by atoms with Crippen LogP contribution >= 0.6 is 39.0 Å². The molecule has 0 N–H and O–H groups in total. The Morgan fingerprint density at radius 2 is 2.15 bits per heavy atom. The molecular formula is C19H17BrN2O2S2. The van der Waals surface area contributed by atoms with Crippen LogP contribution in [0, 0.1) is 0 Å². The molecule has 4 nitrogen and oxygen atoms in total. The quantitative estimate of drug-likeness (QED) is 0.332. The van der Waals surface area contributed by atoms with Crippen LogP contribution < -0.4 is 5.56 Å². The Bertz CT molecular complexity index is 1070. The summed E-state index contributed by atoms with van der Waals surface area (Å²) in [6, 6.07) is 7.35. The van der Waals surface area contributed by atoms with E-state index in [1.165, 1.54) is 28.6 Å². The molecule has 0 atom stereocenters. The van der Waals surface area contributed by atoms with Crippen LogP contribution in [-0.2, 0) is 19.9 Å². The summed E-state index contributed by atoms with van der Waals surface area (Å²) in [7, 11) is 1.74. The number of benzene rings is 1. The molecule has 0 fully saturated rings. The number of thiophene rings is 1. The fourth-order valence-electron chi connectivity index (χ4n) is 3.27. The zero-order valence-electron chi connectivity index (χ0n) is 14.3. The predicted octanol–water partition coefficient (Wildman–Crippen LogP) is 4.61. The van der Waals surface area contributed by atoms with Crippen LogP contribution in [-0.4, -0.2) is 21.1 Å².